The van der Waals surface area contributed by atoms with Crippen LogP contribution in [0.5, 0.6) is 0 Å². The van der Waals surface area contributed by atoms with Gasteiger partial charge in [-0.2, -0.15) is 4.98 Å². The average molecular weight is 235 g/mol. The first kappa shape index (κ1) is 12.1. The second-order valence-electron chi connectivity index (χ2n) is 4.96. The first-order chi connectivity index (χ1) is 8.15. The van der Waals surface area contributed by atoms with Crippen molar-refractivity contribution in [2.24, 2.45) is 11.7 Å². The molecule has 1 aromatic rings. The third-order valence-corrected chi connectivity index (χ3v) is 3.20. The molecule has 94 valence electrons. The largest absolute Gasteiger partial charge is 0.370 e. The summed E-state index contributed by atoms with van der Waals surface area (Å²) < 4.78 is 0. The van der Waals surface area contributed by atoms with Crippen LogP contribution in [0.4, 0.5) is 11.8 Å². The van der Waals surface area contributed by atoms with Crippen LogP contribution in [0.1, 0.15) is 19.3 Å². The third kappa shape index (κ3) is 3.30. The lowest BCUT2D eigenvalue weighted by Gasteiger charge is -2.14. The average Bonchev–Trinajstić information content (AvgIpc) is 2.73. The van der Waals surface area contributed by atoms with E-state index in [2.05, 4.69) is 15.3 Å². The zero-order valence-electron chi connectivity index (χ0n) is 10.6. The maximum Gasteiger partial charge on any atom is 0.226 e. The van der Waals surface area contributed by atoms with Gasteiger partial charge in [-0.3, -0.25) is 0 Å². The van der Waals surface area contributed by atoms with Gasteiger partial charge in [0.15, 0.2) is 0 Å². The molecule has 1 aromatic heterocycles. The lowest BCUT2D eigenvalue weighted by Crippen LogP contribution is -2.18. The maximum absolute atomic E-state index is 5.90. The highest BCUT2D eigenvalue weighted by molar-refractivity contribution is 5.40. The molecule has 3 N–H and O–H groups in total. The van der Waals surface area contributed by atoms with Gasteiger partial charge >= 0.3 is 0 Å². The van der Waals surface area contributed by atoms with Gasteiger partial charge in [-0.15, -0.1) is 0 Å². The lowest BCUT2D eigenvalue weighted by atomic mass is 10.1. The minimum absolute atomic E-state index is 0.393. The molecule has 0 amide bonds. The molecule has 5 nitrogen and oxygen atoms in total. The number of hydrogen-bond donors (Lipinski definition) is 2. The lowest BCUT2D eigenvalue weighted by molar-refractivity contribution is 0.565. The van der Waals surface area contributed by atoms with Crippen LogP contribution in [0, 0.1) is 5.92 Å². The molecular formula is C12H21N5. The Kier molecular flexibility index (Phi) is 3.78. The molecule has 1 aliphatic rings. The Balaban J connectivity index is 1.88. The van der Waals surface area contributed by atoms with Crippen molar-refractivity contribution in [1.29, 1.82) is 0 Å². The van der Waals surface area contributed by atoms with Gasteiger partial charge < -0.3 is 16.0 Å². The fourth-order valence-corrected chi connectivity index (χ4v) is 2.21. The van der Waals surface area contributed by atoms with Gasteiger partial charge in [-0.25, -0.2) is 4.98 Å². The third-order valence-electron chi connectivity index (χ3n) is 3.20. The van der Waals surface area contributed by atoms with Crippen LogP contribution in [0.15, 0.2) is 12.3 Å². The number of rotatable bonds is 4. The highest BCUT2D eigenvalue weighted by Crippen LogP contribution is 2.24. The molecule has 0 bridgehead atoms. The van der Waals surface area contributed by atoms with E-state index >= 15 is 0 Å². The van der Waals surface area contributed by atoms with Crippen molar-refractivity contribution >= 4 is 11.8 Å². The second-order valence-corrected chi connectivity index (χ2v) is 4.96. The van der Waals surface area contributed by atoms with Gasteiger partial charge in [0.1, 0.15) is 5.82 Å². The predicted octanol–water partition coefficient (Wildman–Crippen LogP) is 1.08. The van der Waals surface area contributed by atoms with Gasteiger partial charge in [0.25, 0.3) is 0 Å². The Morgan fingerprint density at radius 1 is 1.47 bits per heavy atom. The van der Waals surface area contributed by atoms with E-state index in [9.17, 15) is 0 Å². The molecule has 1 saturated carbocycles. The molecule has 1 aliphatic carbocycles. The summed E-state index contributed by atoms with van der Waals surface area (Å²) in [7, 11) is 3.88. The molecule has 0 aromatic carbocycles. The molecule has 1 fully saturated rings. The zero-order chi connectivity index (χ0) is 12.3. The summed E-state index contributed by atoms with van der Waals surface area (Å²) in [6.07, 6.45) is 5.28. The van der Waals surface area contributed by atoms with Gasteiger partial charge in [0.05, 0.1) is 0 Å². The van der Waals surface area contributed by atoms with Crippen LogP contribution < -0.4 is 16.0 Å². The molecule has 1 heterocycles. The summed E-state index contributed by atoms with van der Waals surface area (Å²) in [6.45, 7) is 0.956. The Bertz CT molecular complexity index is 366. The standard InChI is InChI=1S/C12H21N5/c1-17(2)12-14-6-5-11(16-12)15-8-9-3-4-10(13)7-9/h5-6,9-10H,3-4,7-8,13H2,1-2H3,(H,14,15,16). The number of anilines is 2. The molecule has 5 heteroatoms. The number of nitrogens with one attached hydrogen (secondary N) is 1. The van der Waals surface area contributed by atoms with Crippen molar-refractivity contribution in [2.45, 2.75) is 25.3 Å². The van der Waals surface area contributed by atoms with E-state index in [1.807, 2.05) is 25.1 Å². The van der Waals surface area contributed by atoms with Crippen LogP contribution in [0.3, 0.4) is 0 Å². The molecular weight excluding hydrogens is 214 g/mol. The van der Waals surface area contributed by atoms with E-state index in [0.29, 0.717) is 12.0 Å². The van der Waals surface area contributed by atoms with Gasteiger partial charge in [-0.1, -0.05) is 0 Å². The SMILES string of the molecule is CN(C)c1nccc(NCC2CCC(N)C2)n1. The van der Waals surface area contributed by atoms with Crippen molar-refractivity contribution in [2.75, 3.05) is 30.9 Å². The number of nitrogens with two attached hydrogens (primary N) is 1. The van der Waals surface area contributed by atoms with Crippen LogP contribution in [-0.4, -0.2) is 36.6 Å². The first-order valence-corrected chi connectivity index (χ1v) is 6.15. The number of nitrogens with zero attached hydrogens (tertiary/aromatic N) is 3. The molecule has 2 rings (SSSR count). The van der Waals surface area contributed by atoms with Crippen LogP contribution >= 0.6 is 0 Å². The monoisotopic (exact) mass is 235 g/mol. The molecule has 0 spiro atoms. The van der Waals surface area contributed by atoms with Gasteiger partial charge in [0, 0.05) is 32.9 Å². The fraction of sp³-hybridized carbons (Fsp3) is 0.667. The van der Waals surface area contributed by atoms with Crippen molar-refractivity contribution in [3.63, 3.8) is 0 Å². The number of aromatic nitrogens is 2. The highest BCUT2D eigenvalue weighted by Gasteiger charge is 2.21. The Labute approximate surface area is 102 Å². The minimum atomic E-state index is 0.393. The normalized spacial score (nSPS) is 23.7. The van der Waals surface area contributed by atoms with Crippen molar-refractivity contribution < 1.29 is 0 Å². The Hall–Kier alpha value is -1.36. The topological polar surface area (TPSA) is 67.1 Å². The second kappa shape index (κ2) is 5.31. The van der Waals surface area contributed by atoms with E-state index in [1.165, 1.54) is 6.42 Å². The van der Waals surface area contributed by atoms with Crippen molar-refractivity contribution in [3.8, 4) is 0 Å². The number of hydrogen-bond acceptors (Lipinski definition) is 5. The van der Waals surface area contributed by atoms with E-state index in [-0.39, 0.29) is 0 Å². The molecule has 17 heavy (non-hydrogen) atoms. The fourth-order valence-electron chi connectivity index (χ4n) is 2.21. The van der Waals surface area contributed by atoms with Gasteiger partial charge in [0.2, 0.25) is 5.95 Å². The maximum atomic E-state index is 5.90. The quantitative estimate of drug-likeness (QED) is 0.817. The summed E-state index contributed by atoms with van der Waals surface area (Å²) in [5.41, 5.74) is 5.90. The van der Waals surface area contributed by atoms with Crippen LogP contribution in [0.2, 0.25) is 0 Å². The molecule has 0 radical (unpaired) electrons. The Morgan fingerprint density at radius 3 is 2.94 bits per heavy atom. The van der Waals surface area contributed by atoms with Crippen molar-refractivity contribution in [3.05, 3.63) is 12.3 Å². The summed E-state index contributed by atoms with van der Waals surface area (Å²) in [5.74, 6) is 2.31. The van der Waals surface area contributed by atoms with E-state index in [1.54, 1.807) is 6.20 Å². The van der Waals surface area contributed by atoms with Crippen LogP contribution in [0.25, 0.3) is 0 Å². The van der Waals surface area contributed by atoms with Crippen molar-refractivity contribution in [1.82, 2.24) is 9.97 Å². The van der Waals surface area contributed by atoms with E-state index in [4.69, 9.17) is 5.73 Å². The summed E-state index contributed by atoms with van der Waals surface area (Å²) in [5, 5.41) is 3.37. The molecule has 0 aliphatic heterocycles. The summed E-state index contributed by atoms with van der Waals surface area (Å²) >= 11 is 0. The van der Waals surface area contributed by atoms with E-state index < -0.39 is 0 Å². The summed E-state index contributed by atoms with van der Waals surface area (Å²) in [4.78, 5) is 10.5. The zero-order valence-corrected chi connectivity index (χ0v) is 10.6. The molecule has 2 atom stereocenters. The summed E-state index contributed by atoms with van der Waals surface area (Å²) in [6, 6.07) is 2.30. The highest BCUT2D eigenvalue weighted by atomic mass is 15.2. The van der Waals surface area contributed by atoms with Crippen LogP contribution in [-0.2, 0) is 0 Å². The molecule has 2 unspecified atom stereocenters. The Morgan fingerprint density at radius 2 is 2.29 bits per heavy atom. The minimum Gasteiger partial charge on any atom is -0.370 e. The van der Waals surface area contributed by atoms with Gasteiger partial charge in [-0.05, 0) is 31.2 Å². The van der Waals surface area contributed by atoms with E-state index in [0.717, 1.165) is 31.2 Å². The first-order valence-electron chi connectivity index (χ1n) is 6.15. The smallest absolute Gasteiger partial charge is 0.226 e. The predicted molar refractivity (Wildman–Crippen MR) is 70.2 cm³/mol. The molecule has 0 saturated heterocycles.